The molecule has 1 heterocycles. The topological polar surface area (TPSA) is 84.3 Å². The van der Waals surface area contributed by atoms with Crippen molar-refractivity contribution in [2.24, 2.45) is 0 Å². The van der Waals surface area contributed by atoms with E-state index in [0.717, 1.165) is 5.56 Å². The van der Waals surface area contributed by atoms with Crippen LogP contribution in [0.15, 0.2) is 24.5 Å². The number of anilines is 2. The molecule has 6 nitrogen and oxygen atoms in total. The van der Waals surface area contributed by atoms with Gasteiger partial charge in [-0.15, -0.1) is 0 Å². The second kappa shape index (κ2) is 5.75. The fourth-order valence-corrected chi connectivity index (χ4v) is 1.87. The third-order valence-corrected chi connectivity index (χ3v) is 3.02. The van der Waals surface area contributed by atoms with Gasteiger partial charge < -0.3 is 15.2 Å². The molecule has 0 fully saturated rings. The van der Waals surface area contributed by atoms with Gasteiger partial charge in [-0.1, -0.05) is 11.6 Å². The SMILES string of the molecule is COc1ncnc(Nc2ccc(Cl)c(C(=O)O)c2)c1C. The van der Waals surface area contributed by atoms with Crippen LogP contribution in [0.4, 0.5) is 11.5 Å². The average molecular weight is 294 g/mol. The summed E-state index contributed by atoms with van der Waals surface area (Å²) in [6, 6.07) is 4.63. The van der Waals surface area contributed by atoms with Crippen LogP contribution in [0, 0.1) is 6.92 Å². The first kappa shape index (κ1) is 14.1. The Morgan fingerprint density at radius 2 is 2.15 bits per heavy atom. The fourth-order valence-electron chi connectivity index (χ4n) is 1.67. The molecule has 0 aliphatic rings. The van der Waals surface area contributed by atoms with E-state index >= 15 is 0 Å². The minimum absolute atomic E-state index is 0.0235. The third-order valence-electron chi connectivity index (χ3n) is 2.69. The number of benzene rings is 1. The Balaban J connectivity index is 2.35. The van der Waals surface area contributed by atoms with Crippen LogP contribution >= 0.6 is 11.6 Å². The van der Waals surface area contributed by atoms with Gasteiger partial charge in [0, 0.05) is 5.69 Å². The summed E-state index contributed by atoms with van der Waals surface area (Å²) in [5, 5.41) is 12.2. The first-order chi connectivity index (χ1) is 9.52. The molecule has 0 spiro atoms. The first-order valence-electron chi connectivity index (χ1n) is 5.68. The van der Waals surface area contributed by atoms with Crippen LogP contribution in [0.1, 0.15) is 15.9 Å². The number of halogens is 1. The first-order valence-corrected chi connectivity index (χ1v) is 6.06. The number of carboxylic acids is 1. The summed E-state index contributed by atoms with van der Waals surface area (Å²) in [5.41, 5.74) is 1.31. The number of nitrogens with one attached hydrogen (secondary N) is 1. The predicted molar refractivity (Wildman–Crippen MR) is 75.0 cm³/mol. The highest BCUT2D eigenvalue weighted by atomic mass is 35.5. The highest BCUT2D eigenvalue weighted by Gasteiger charge is 2.11. The number of carbonyl (C=O) groups is 1. The van der Waals surface area contributed by atoms with E-state index < -0.39 is 5.97 Å². The number of aromatic nitrogens is 2. The maximum Gasteiger partial charge on any atom is 0.337 e. The van der Waals surface area contributed by atoms with Crippen LogP contribution in [0.2, 0.25) is 5.02 Å². The van der Waals surface area contributed by atoms with Crippen molar-refractivity contribution in [2.75, 3.05) is 12.4 Å². The zero-order valence-electron chi connectivity index (χ0n) is 10.8. The molecule has 0 saturated heterocycles. The molecule has 1 aromatic carbocycles. The van der Waals surface area contributed by atoms with Gasteiger partial charge in [-0.2, -0.15) is 0 Å². The average Bonchev–Trinajstić information content (AvgIpc) is 2.43. The summed E-state index contributed by atoms with van der Waals surface area (Å²) < 4.78 is 5.10. The lowest BCUT2D eigenvalue weighted by Gasteiger charge is -2.11. The van der Waals surface area contributed by atoms with Crippen molar-refractivity contribution in [1.29, 1.82) is 0 Å². The van der Waals surface area contributed by atoms with E-state index in [1.165, 1.54) is 25.6 Å². The Bertz CT molecular complexity index is 661. The largest absolute Gasteiger partial charge is 0.481 e. The molecule has 0 aliphatic carbocycles. The van der Waals surface area contributed by atoms with Gasteiger partial charge in [0.15, 0.2) is 0 Å². The van der Waals surface area contributed by atoms with E-state index in [4.69, 9.17) is 21.4 Å². The number of hydrogen-bond donors (Lipinski definition) is 2. The summed E-state index contributed by atoms with van der Waals surface area (Å²) in [7, 11) is 1.52. The second-order valence-electron chi connectivity index (χ2n) is 3.98. The number of rotatable bonds is 4. The molecule has 0 radical (unpaired) electrons. The standard InChI is InChI=1S/C13H12ClN3O3/c1-7-11(15-6-16-12(7)20-2)17-8-3-4-10(14)9(5-8)13(18)19/h3-6H,1-2H3,(H,18,19)(H,15,16,17). The van der Waals surface area contributed by atoms with Crippen LogP contribution in [-0.2, 0) is 0 Å². The van der Waals surface area contributed by atoms with Gasteiger partial charge in [0.25, 0.3) is 0 Å². The Morgan fingerprint density at radius 1 is 1.40 bits per heavy atom. The van der Waals surface area contributed by atoms with E-state index in [9.17, 15) is 4.79 Å². The highest BCUT2D eigenvalue weighted by molar-refractivity contribution is 6.33. The summed E-state index contributed by atoms with van der Waals surface area (Å²) in [5.74, 6) is -0.0962. The maximum atomic E-state index is 11.0. The summed E-state index contributed by atoms with van der Waals surface area (Å²) in [6.45, 7) is 1.80. The lowest BCUT2D eigenvalue weighted by Crippen LogP contribution is -2.02. The smallest absolute Gasteiger partial charge is 0.337 e. The molecule has 0 amide bonds. The number of carboxylic acid groups (broad SMARTS) is 1. The van der Waals surface area contributed by atoms with Crippen molar-refractivity contribution in [3.63, 3.8) is 0 Å². The van der Waals surface area contributed by atoms with Crippen LogP contribution in [0.5, 0.6) is 5.88 Å². The van der Waals surface area contributed by atoms with Crippen molar-refractivity contribution in [3.8, 4) is 5.88 Å². The molecular formula is C13H12ClN3O3. The van der Waals surface area contributed by atoms with Crippen LogP contribution in [0.25, 0.3) is 0 Å². The fraction of sp³-hybridized carbons (Fsp3) is 0.154. The van der Waals surface area contributed by atoms with E-state index in [1.807, 2.05) is 0 Å². The maximum absolute atomic E-state index is 11.0. The molecule has 7 heteroatoms. The molecule has 0 saturated carbocycles. The minimum Gasteiger partial charge on any atom is -0.481 e. The molecule has 0 atom stereocenters. The Morgan fingerprint density at radius 3 is 2.80 bits per heavy atom. The lowest BCUT2D eigenvalue weighted by atomic mass is 10.2. The van der Waals surface area contributed by atoms with E-state index in [1.54, 1.807) is 13.0 Å². The van der Waals surface area contributed by atoms with Crippen molar-refractivity contribution < 1.29 is 14.6 Å². The normalized spacial score (nSPS) is 10.2. The van der Waals surface area contributed by atoms with Crippen LogP contribution in [0.3, 0.4) is 0 Å². The van der Waals surface area contributed by atoms with Gasteiger partial charge in [-0.3, -0.25) is 0 Å². The molecule has 2 aromatic rings. The highest BCUT2D eigenvalue weighted by Crippen LogP contribution is 2.26. The van der Waals surface area contributed by atoms with Crippen molar-refractivity contribution in [1.82, 2.24) is 9.97 Å². The zero-order chi connectivity index (χ0) is 14.7. The summed E-state index contributed by atoms with van der Waals surface area (Å²) in [4.78, 5) is 19.1. The molecule has 104 valence electrons. The lowest BCUT2D eigenvalue weighted by molar-refractivity contribution is 0.0697. The number of ether oxygens (including phenoxy) is 1. The van der Waals surface area contributed by atoms with Gasteiger partial charge in [0.05, 0.1) is 23.3 Å². The van der Waals surface area contributed by atoms with Gasteiger partial charge >= 0.3 is 5.97 Å². The summed E-state index contributed by atoms with van der Waals surface area (Å²) >= 11 is 5.82. The molecular weight excluding hydrogens is 282 g/mol. The molecule has 20 heavy (non-hydrogen) atoms. The second-order valence-corrected chi connectivity index (χ2v) is 4.39. The Kier molecular flexibility index (Phi) is 4.05. The Labute approximate surface area is 120 Å². The van der Waals surface area contributed by atoms with E-state index in [2.05, 4.69) is 15.3 Å². The molecule has 2 N–H and O–H groups in total. The molecule has 1 aromatic heterocycles. The number of hydrogen-bond acceptors (Lipinski definition) is 5. The van der Waals surface area contributed by atoms with Crippen LogP contribution < -0.4 is 10.1 Å². The number of methoxy groups -OCH3 is 1. The van der Waals surface area contributed by atoms with Gasteiger partial charge in [0.2, 0.25) is 5.88 Å². The van der Waals surface area contributed by atoms with E-state index in [0.29, 0.717) is 17.4 Å². The molecule has 2 rings (SSSR count). The Hall–Kier alpha value is -2.34. The quantitative estimate of drug-likeness (QED) is 0.901. The number of nitrogens with zero attached hydrogens (tertiary/aromatic N) is 2. The van der Waals surface area contributed by atoms with Crippen molar-refractivity contribution >= 4 is 29.1 Å². The van der Waals surface area contributed by atoms with Gasteiger partial charge in [-0.25, -0.2) is 14.8 Å². The molecule has 0 unspecified atom stereocenters. The monoisotopic (exact) mass is 293 g/mol. The van der Waals surface area contributed by atoms with Gasteiger partial charge in [0.1, 0.15) is 12.1 Å². The van der Waals surface area contributed by atoms with Crippen molar-refractivity contribution in [3.05, 3.63) is 40.7 Å². The van der Waals surface area contributed by atoms with Crippen LogP contribution in [-0.4, -0.2) is 28.2 Å². The third kappa shape index (κ3) is 2.80. The minimum atomic E-state index is -1.09. The zero-order valence-corrected chi connectivity index (χ0v) is 11.6. The van der Waals surface area contributed by atoms with E-state index in [-0.39, 0.29) is 10.6 Å². The number of aromatic carboxylic acids is 1. The predicted octanol–water partition coefficient (Wildman–Crippen LogP) is 2.89. The van der Waals surface area contributed by atoms with Crippen molar-refractivity contribution in [2.45, 2.75) is 6.92 Å². The van der Waals surface area contributed by atoms with Gasteiger partial charge in [-0.05, 0) is 25.1 Å². The molecule has 0 aliphatic heterocycles. The molecule has 0 bridgehead atoms. The summed E-state index contributed by atoms with van der Waals surface area (Å²) in [6.07, 6.45) is 1.36.